The van der Waals surface area contributed by atoms with Crippen LogP contribution in [0.5, 0.6) is 0 Å². The molecule has 2 N–H and O–H groups in total. The molecule has 0 saturated carbocycles. The molecule has 2 aliphatic heterocycles. The van der Waals surface area contributed by atoms with Crippen LogP contribution in [0.15, 0.2) is 48.0 Å². The Kier molecular flexibility index (Phi) is 5.39. The van der Waals surface area contributed by atoms with Gasteiger partial charge in [0.1, 0.15) is 11.6 Å². The number of benzene rings is 1. The van der Waals surface area contributed by atoms with Gasteiger partial charge in [0.25, 0.3) is 5.91 Å². The van der Waals surface area contributed by atoms with E-state index in [0.29, 0.717) is 39.4 Å². The molecule has 4 aromatic rings. The Morgan fingerprint density at radius 3 is 2.45 bits per heavy atom. The molecule has 0 bridgehead atoms. The topological polar surface area (TPSA) is 135 Å². The van der Waals surface area contributed by atoms with Crippen LogP contribution in [-0.2, 0) is 17.1 Å². The third kappa shape index (κ3) is 3.91. The third-order valence-corrected chi connectivity index (χ3v) is 6.05. The van der Waals surface area contributed by atoms with Crippen LogP contribution in [0.2, 0.25) is 0 Å². The molecule has 2 aliphatic rings. The number of alkyl halides is 6. The van der Waals surface area contributed by atoms with E-state index in [1.54, 1.807) is 0 Å². The summed E-state index contributed by atoms with van der Waals surface area (Å²) in [5.41, 5.74) is -0.656. The van der Waals surface area contributed by atoms with Gasteiger partial charge in [-0.15, -0.1) is 4.80 Å². The maximum Gasteiger partial charge on any atom is 0.434 e. The van der Waals surface area contributed by atoms with E-state index in [0.717, 1.165) is 18.6 Å². The van der Waals surface area contributed by atoms with E-state index in [1.165, 1.54) is 23.4 Å². The molecular formula is C22H12F6N10O2. The van der Waals surface area contributed by atoms with Gasteiger partial charge in [0.05, 0.1) is 53.1 Å². The standard InChI is InChI=1S/C22H12F6N10O2/c23-21(24,25)12-5-10(6-30-19(12)38-31-3-4-32-38)34-20(40)11-7-33-37(18(11)22(26,27)28)14-2-1-13-16-15(8-29-17(14)16)36(9-39)35-13/h1-9,15,35H,(H,34,40). The molecule has 6 rings (SSSR count). The molecule has 204 valence electrons. The number of rotatable bonds is 5. The number of amides is 2. The van der Waals surface area contributed by atoms with E-state index in [2.05, 4.69) is 30.7 Å². The van der Waals surface area contributed by atoms with Crippen LogP contribution in [0.1, 0.15) is 33.2 Å². The molecule has 0 aliphatic carbocycles. The first-order chi connectivity index (χ1) is 19.0. The Morgan fingerprint density at radius 1 is 1.02 bits per heavy atom. The molecule has 1 unspecified atom stereocenters. The van der Waals surface area contributed by atoms with Crippen molar-refractivity contribution < 1.29 is 35.9 Å². The van der Waals surface area contributed by atoms with Crippen molar-refractivity contribution in [2.24, 2.45) is 4.99 Å². The molecule has 1 aromatic carbocycles. The molecule has 0 spiro atoms. The van der Waals surface area contributed by atoms with Crippen molar-refractivity contribution in [2.45, 2.75) is 18.4 Å². The van der Waals surface area contributed by atoms with Gasteiger partial charge in [0, 0.05) is 11.8 Å². The summed E-state index contributed by atoms with van der Waals surface area (Å²) in [6, 6.07) is 2.57. The van der Waals surface area contributed by atoms with Crippen molar-refractivity contribution in [2.75, 3.05) is 10.7 Å². The Balaban J connectivity index is 1.38. The first-order valence-electron chi connectivity index (χ1n) is 11.1. The fourth-order valence-electron chi connectivity index (χ4n) is 4.42. The number of nitrogens with zero attached hydrogens (tertiary/aromatic N) is 8. The van der Waals surface area contributed by atoms with Gasteiger partial charge in [-0.25, -0.2) is 14.7 Å². The summed E-state index contributed by atoms with van der Waals surface area (Å²) in [5, 5.41) is 14.2. The minimum atomic E-state index is -5.12. The first kappa shape index (κ1) is 25.0. The number of halogens is 6. The summed E-state index contributed by atoms with van der Waals surface area (Å²) in [5.74, 6) is -2.08. The highest BCUT2D eigenvalue weighted by Crippen LogP contribution is 2.48. The maximum atomic E-state index is 14.3. The van der Waals surface area contributed by atoms with Crippen LogP contribution in [0.3, 0.4) is 0 Å². The lowest BCUT2D eigenvalue weighted by atomic mass is 10.1. The Morgan fingerprint density at radius 2 is 1.77 bits per heavy atom. The van der Waals surface area contributed by atoms with Crippen LogP contribution in [0, 0.1) is 0 Å². The number of aliphatic imine (C=N–C) groups is 1. The Bertz CT molecular complexity index is 1690. The number of hydrogen-bond acceptors (Lipinski definition) is 8. The number of nitrogens with one attached hydrogen (secondary N) is 2. The lowest BCUT2D eigenvalue weighted by Gasteiger charge is -2.15. The molecular weight excluding hydrogens is 550 g/mol. The van der Waals surface area contributed by atoms with Gasteiger partial charge in [-0.05, 0) is 18.2 Å². The van der Waals surface area contributed by atoms with Gasteiger partial charge in [-0.3, -0.25) is 20.0 Å². The zero-order chi connectivity index (χ0) is 28.4. The van der Waals surface area contributed by atoms with Gasteiger partial charge in [0.2, 0.25) is 6.41 Å². The molecule has 0 fully saturated rings. The van der Waals surface area contributed by atoms with Gasteiger partial charge < -0.3 is 5.32 Å². The van der Waals surface area contributed by atoms with E-state index in [4.69, 9.17) is 0 Å². The molecule has 40 heavy (non-hydrogen) atoms. The normalized spacial score (nSPS) is 15.8. The summed E-state index contributed by atoms with van der Waals surface area (Å²) in [6.07, 6.45) is -4.49. The quantitative estimate of drug-likeness (QED) is 0.280. The van der Waals surface area contributed by atoms with E-state index < -0.39 is 52.6 Å². The number of hydrogen-bond donors (Lipinski definition) is 2. The molecule has 0 saturated heterocycles. The molecule has 2 amide bonds. The van der Waals surface area contributed by atoms with Crippen molar-refractivity contribution in [3.63, 3.8) is 0 Å². The fourth-order valence-corrected chi connectivity index (χ4v) is 4.42. The number of aromatic nitrogens is 6. The number of hydrazine groups is 1. The number of anilines is 2. The highest BCUT2D eigenvalue weighted by molar-refractivity contribution is 6.05. The average molecular weight is 562 g/mol. The summed E-state index contributed by atoms with van der Waals surface area (Å²) < 4.78 is 84.3. The largest absolute Gasteiger partial charge is 0.434 e. The smallest absolute Gasteiger partial charge is 0.320 e. The van der Waals surface area contributed by atoms with Crippen LogP contribution < -0.4 is 10.7 Å². The molecule has 1 atom stereocenters. The summed E-state index contributed by atoms with van der Waals surface area (Å²) in [7, 11) is 0. The van der Waals surface area contributed by atoms with Crippen molar-refractivity contribution in [3.05, 3.63) is 65.4 Å². The van der Waals surface area contributed by atoms with Crippen molar-refractivity contribution in [3.8, 4) is 11.5 Å². The second-order valence-corrected chi connectivity index (χ2v) is 8.42. The van der Waals surface area contributed by atoms with E-state index >= 15 is 0 Å². The predicted octanol–water partition coefficient (Wildman–Crippen LogP) is 3.69. The van der Waals surface area contributed by atoms with Gasteiger partial charge in [-0.1, -0.05) is 0 Å². The highest BCUT2D eigenvalue weighted by Gasteiger charge is 2.43. The van der Waals surface area contributed by atoms with E-state index in [1.807, 2.05) is 5.32 Å². The summed E-state index contributed by atoms with van der Waals surface area (Å²) in [6.45, 7) is 0. The second-order valence-electron chi connectivity index (χ2n) is 8.42. The van der Waals surface area contributed by atoms with Crippen LogP contribution in [-0.4, -0.2) is 53.3 Å². The van der Waals surface area contributed by atoms with E-state index in [9.17, 15) is 35.9 Å². The van der Waals surface area contributed by atoms with Crippen LogP contribution >= 0.6 is 0 Å². The Labute approximate surface area is 217 Å². The summed E-state index contributed by atoms with van der Waals surface area (Å²) >= 11 is 0. The van der Waals surface area contributed by atoms with Crippen LogP contribution in [0.4, 0.5) is 43.4 Å². The predicted molar refractivity (Wildman–Crippen MR) is 123 cm³/mol. The molecule has 12 nitrogen and oxygen atoms in total. The van der Waals surface area contributed by atoms with Crippen molar-refractivity contribution in [1.82, 2.24) is 34.8 Å². The number of carbonyl (C=O) groups is 2. The SMILES string of the molecule is O=CN1Nc2ccc(-n3ncc(C(=O)Nc4cnc(-n5nccn5)c(C(F)(F)F)c4)c3C(F)(F)F)c3c2C1C=N3. The molecule has 5 heterocycles. The highest BCUT2D eigenvalue weighted by atomic mass is 19.4. The van der Waals surface area contributed by atoms with Gasteiger partial charge in [0.15, 0.2) is 11.5 Å². The van der Waals surface area contributed by atoms with Crippen LogP contribution in [0.25, 0.3) is 11.5 Å². The zero-order valence-electron chi connectivity index (χ0n) is 19.4. The minimum absolute atomic E-state index is 0.0988. The van der Waals surface area contributed by atoms with Gasteiger partial charge >= 0.3 is 12.4 Å². The molecule has 0 radical (unpaired) electrons. The lowest BCUT2D eigenvalue weighted by molar-refractivity contribution is -0.143. The number of pyridine rings is 1. The van der Waals surface area contributed by atoms with Crippen molar-refractivity contribution >= 4 is 35.6 Å². The first-order valence-corrected chi connectivity index (χ1v) is 11.1. The van der Waals surface area contributed by atoms with E-state index in [-0.39, 0.29) is 11.4 Å². The Hall–Kier alpha value is -5.29. The molecule has 3 aromatic heterocycles. The average Bonchev–Trinajstić information content (AvgIpc) is 3.69. The third-order valence-electron chi connectivity index (χ3n) is 6.05. The second kappa shape index (κ2) is 8.61. The summed E-state index contributed by atoms with van der Waals surface area (Å²) in [4.78, 5) is 32.7. The zero-order valence-corrected chi connectivity index (χ0v) is 19.4. The minimum Gasteiger partial charge on any atom is -0.320 e. The number of carbonyl (C=O) groups excluding carboxylic acids is 2. The lowest BCUT2D eigenvalue weighted by Crippen LogP contribution is -2.26. The maximum absolute atomic E-state index is 14.3. The van der Waals surface area contributed by atoms with Gasteiger partial charge in [-0.2, -0.15) is 41.6 Å². The van der Waals surface area contributed by atoms with Crippen molar-refractivity contribution in [1.29, 1.82) is 0 Å². The fraction of sp³-hybridized carbons (Fsp3) is 0.136. The molecule has 18 heteroatoms. The monoisotopic (exact) mass is 562 g/mol.